The van der Waals surface area contributed by atoms with E-state index in [2.05, 4.69) is 42.2 Å². The van der Waals surface area contributed by atoms with E-state index in [4.69, 9.17) is 19.7 Å². The van der Waals surface area contributed by atoms with Crippen molar-refractivity contribution in [2.45, 2.75) is 102 Å². The first-order valence-corrected chi connectivity index (χ1v) is 23.5. The van der Waals surface area contributed by atoms with Crippen molar-refractivity contribution < 1.29 is 33.8 Å². The van der Waals surface area contributed by atoms with Gasteiger partial charge in [-0.15, -0.1) is 11.3 Å². The maximum absolute atomic E-state index is 14.3. The summed E-state index contributed by atoms with van der Waals surface area (Å²) in [4.78, 5) is 46.0. The number of ether oxygens (including phenoxy) is 2. The standard InChI is InChI=1S/C49H55N9O7S/c1-28(2)44(48(62)58-25-34(59)20-40(58)47(61)52-29(3)31-11-13-32(14-12-31)45-30(4)51-27-66-45)42-23-43(55-65-42)56-17-15-35(16-18-56)64-37-21-36(22-37)63-19-7-8-33-24-57-26-39(53-49(57)54-46(33)50)38-9-5-6-10-41(38)60/h5-6,9-14,23-24,26-29,34-37,40,44,59-60H,15-22,25H2,1-4H3,(H,52,61)(H2,50,53,54)/t29-,34+,36-,37-,40-,44+/m0/s1. The molecule has 16 nitrogen and oxygen atoms in total. The minimum Gasteiger partial charge on any atom is -0.507 e. The number of aliphatic hydroxyl groups is 1. The smallest absolute Gasteiger partial charge is 0.243 e. The van der Waals surface area contributed by atoms with Gasteiger partial charge < -0.3 is 45.1 Å². The molecule has 0 radical (unpaired) electrons. The fourth-order valence-electron chi connectivity index (χ4n) is 9.09. The molecule has 2 amide bonds. The van der Waals surface area contributed by atoms with E-state index in [1.165, 1.54) is 4.90 Å². The van der Waals surface area contributed by atoms with Crippen LogP contribution < -0.4 is 16.0 Å². The van der Waals surface area contributed by atoms with Crippen LogP contribution in [0.15, 0.2) is 77.0 Å². The number of phenolic OH excluding ortho intramolecular Hbond substituents is 1. The van der Waals surface area contributed by atoms with Crippen LogP contribution in [-0.4, -0.2) is 108 Å². The van der Waals surface area contributed by atoms with Gasteiger partial charge in [-0.25, -0.2) is 9.97 Å². The van der Waals surface area contributed by atoms with Gasteiger partial charge in [0.15, 0.2) is 11.6 Å². The normalized spacial score (nSPS) is 20.8. The molecule has 2 aliphatic heterocycles. The molecular weight excluding hydrogens is 859 g/mol. The number of nitrogen functional groups attached to an aromatic ring is 1. The molecule has 4 atom stereocenters. The van der Waals surface area contributed by atoms with Crippen molar-refractivity contribution in [1.29, 1.82) is 0 Å². The van der Waals surface area contributed by atoms with E-state index in [0.717, 1.165) is 60.5 Å². The number of aromatic nitrogens is 5. The zero-order chi connectivity index (χ0) is 46.1. The lowest BCUT2D eigenvalue weighted by atomic mass is 9.91. The largest absolute Gasteiger partial charge is 0.507 e. The van der Waals surface area contributed by atoms with Gasteiger partial charge >= 0.3 is 0 Å². The Morgan fingerprint density at radius 1 is 1.02 bits per heavy atom. The van der Waals surface area contributed by atoms with Gasteiger partial charge in [-0.3, -0.25) is 14.0 Å². The summed E-state index contributed by atoms with van der Waals surface area (Å²) in [6, 6.07) is 15.8. The molecular formula is C49H55N9O7S. The minimum absolute atomic E-state index is 0.0663. The Balaban J connectivity index is 0.727. The number of fused-ring (bicyclic) bond motifs is 1. The number of hydrogen-bond acceptors (Lipinski definition) is 14. The van der Waals surface area contributed by atoms with Gasteiger partial charge in [0.25, 0.3) is 0 Å². The number of β-amino-alcohol motifs (C(OH)–C–C–N with tert-alkyl or cyclic N) is 1. The molecule has 344 valence electrons. The number of para-hydroxylation sites is 1. The van der Waals surface area contributed by atoms with E-state index < -0.39 is 18.1 Å². The molecule has 1 saturated carbocycles. The third kappa shape index (κ3) is 9.64. The summed E-state index contributed by atoms with van der Waals surface area (Å²) in [6.45, 7) is 9.57. The number of nitrogens with one attached hydrogen (secondary N) is 1. The third-order valence-electron chi connectivity index (χ3n) is 12.9. The molecule has 2 aromatic carbocycles. The number of anilines is 2. The van der Waals surface area contributed by atoms with Crippen LogP contribution in [-0.2, 0) is 19.1 Å². The van der Waals surface area contributed by atoms with Crippen molar-refractivity contribution in [1.82, 2.24) is 34.7 Å². The number of aryl methyl sites for hydroxylation is 1. The number of hydrogen-bond donors (Lipinski definition) is 4. The van der Waals surface area contributed by atoms with E-state index >= 15 is 0 Å². The van der Waals surface area contributed by atoms with Crippen molar-refractivity contribution >= 4 is 40.6 Å². The SMILES string of the molecule is Cc1ncsc1-c1ccc([C@H](C)NC(=O)[C@@H]2C[C@@H](O)CN2C(=O)[C@@H](c2cc(N3CCC(O[C@H]4C[C@H](OCC#Cc5cn6cc(-c7ccccc7O)nc6nc5N)C4)CC3)no2)C(C)C)cc1. The lowest BCUT2D eigenvalue weighted by molar-refractivity contribution is -0.141. The van der Waals surface area contributed by atoms with Gasteiger partial charge in [0.05, 0.1) is 57.8 Å². The third-order valence-corrected chi connectivity index (χ3v) is 13.8. The second-order valence-corrected chi connectivity index (χ2v) is 18.7. The van der Waals surface area contributed by atoms with E-state index in [0.29, 0.717) is 34.2 Å². The number of likely N-dealkylation sites (tertiary alicyclic amines) is 1. The molecule has 9 rings (SSSR count). The maximum atomic E-state index is 14.3. The molecule has 6 heterocycles. The highest BCUT2D eigenvalue weighted by Gasteiger charge is 2.44. The number of phenols is 1. The number of aromatic hydroxyl groups is 1. The number of amides is 2. The molecule has 0 unspecified atom stereocenters. The lowest BCUT2D eigenvalue weighted by Crippen LogP contribution is -2.48. The molecule has 0 bridgehead atoms. The number of carbonyl (C=O) groups is 2. The summed E-state index contributed by atoms with van der Waals surface area (Å²) < 4.78 is 20.1. The molecule has 3 aliphatic rings. The molecule has 0 spiro atoms. The predicted octanol–water partition coefficient (Wildman–Crippen LogP) is 6.27. The summed E-state index contributed by atoms with van der Waals surface area (Å²) in [5, 5.41) is 28.4. The average molecular weight is 914 g/mol. The summed E-state index contributed by atoms with van der Waals surface area (Å²) in [5.74, 6) is 6.66. The zero-order valence-electron chi connectivity index (χ0n) is 37.5. The number of imidazole rings is 1. The number of nitrogens with two attached hydrogens (primary N) is 1. The molecule has 3 fully saturated rings. The van der Waals surface area contributed by atoms with Crippen molar-refractivity contribution in [3.05, 3.63) is 95.1 Å². The lowest BCUT2D eigenvalue weighted by Gasteiger charge is -2.39. The van der Waals surface area contributed by atoms with Crippen molar-refractivity contribution in [2.24, 2.45) is 5.92 Å². The van der Waals surface area contributed by atoms with E-state index in [1.54, 1.807) is 46.3 Å². The Morgan fingerprint density at radius 2 is 1.79 bits per heavy atom. The van der Waals surface area contributed by atoms with Crippen LogP contribution in [0.4, 0.5) is 11.6 Å². The first-order valence-electron chi connectivity index (χ1n) is 22.6. The molecule has 4 aromatic heterocycles. The highest BCUT2D eigenvalue weighted by Crippen LogP contribution is 2.35. The number of carbonyl (C=O) groups excluding carboxylic acids is 2. The first kappa shape index (κ1) is 44.9. The van der Waals surface area contributed by atoms with Crippen LogP contribution in [0, 0.1) is 24.7 Å². The number of thiazole rings is 1. The zero-order valence-corrected chi connectivity index (χ0v) is 38.3. The number of aliphatic hydroxyl groups excluding tert-OH is 1. The molecule has 5 N–H and O–H groups in total. The van der Waals surface area contributed by atoms with Crippen LogP contribution in [0.25, 0.3) is 27.5 Å². The fourth-order valence-corrected chi connectivity index (χ4v) is 9.90. The average Bonchev–Trinajstić information content (AvgIpc) is 4.12. The van der Waals surface area contributed by atoms with Crippen molar-refractivity contribution in [2.75, 3.05) is 36.9 Å². The Labute approximate surface area is 387 Å². The number of nitrogens with zero attached hydrogens (tertiary/aromatic N) is 7. The van der Waals surface area contributed by atoms with E-state index in [9.17, 15) is 19.8 Å². The van der Waals surface area contributed by atoms with E-state index in [1.807, 2.05) is 69.6 Å². The highest BCUT2D eigenvalue weighted by atomic mass is 32.1. The summed E-state index contributed by atoms with van der Waals surface area (Å²) in [7, 11) is 0. The van der Waals surface area contributed by atoms with Gasteiger partial charge in [-0.2, -0.15) is 4.98 Å². The second kappa shape index (κ2) is 19.3. The quantitative estimate of drug-likeness (QED) is 0.0945. The fraction of sp³-hybridized carbons (Fsp3) is 0.429. The molecule has 1 aliphatic carbocycles. The van der Waals surface area contributed by atoms with Crippen LogP contribution >= 0.6 is 11.3 Å². The molecule has 6 aromatic rings. The Hall–Kier alpha value is -6.32. The molecule has 17 heteroatoms. The predicted molar refractivity (Wildman–Crippen MR) is 250 cm³/mol. The van der Waals surface area contributed by atoms with Crippen molar-refractivity contribution in [3.8, 4) is 39.3 Å². The van der Waals surface area contributed by atoms with Gasteiger partial charge in [0.1, 0.15) is 30.1 Å². The number of rotatable bonds is 13. The number of benzene rings is 2. The number of piperidine rings is 1. The van der Waals surface area contributed by atoms with Crippen LogP contribution in [0.1, 0.15) is 87.4 Å². The van der Waals surface area contributed by atoms with E-state index in [-0.39, 0.29) is 73.2 Å². The summed E-state index contributed by atoms with van der Waals surface area (Å²) >= 11 is 1.59. The van der Waals surface area contributed by atoms with Gasteiger partial charge in [-0.05, 0) is 55.9 Å². The van der Waals surface area contributed by atoms with Crippen LogP contribution in [0.2, 0.25) is 0 Å². The Morgan fingerprint density at radius 3 is 2.52 bits per heavy atom. The Bertz CT molecular complexity index is 2740. The van der Waals surface area contributed by atoms with Crippen LogP contribution in [0.5, 0.6) is 5.75 Å². The highest BCUT2D eigenvalue weighted by molar-refractivity contribution is 7.13. The molecule has 2 saturated heterocycles. The van der Waals surface area contributed by atoms with Gasteiger partial charge in [-0.1, -0.05) is 67.2 Å². The van der Waals surface area contributed by atoms with Crippen molar-refractivity contribution in [3.63, 3.8) is 0 Å². The maximum Gasteiger partial charge on any atom is 0.243 e. The summed E-state index contributed by atoms with van der Waals surface area (Å²) in [5.41, 5.74) is 12.8. The second-order valence-electron chi connectivity index (χ2n) is 17.9. The Kier molecular flexibility index (Phi) is 13.1. The first-order chi connectivity index (χ1) is 31.9. The van der Waals surface area contributed by atoms with Gasteiger partial charge in [0.2, 0.25) is 17.6 Å². The minimum atomic E-state index is -0.816. The molecule has 66 heavy (non-hydrogen) atoms. The topological polar surface area (TPSA) is 207 Å². The van der Waals surface area contributed by atoms with Gasteiger partial charge in [0, 0.05) is 62.9 Å². The monoisotopic (exact) mass is 913 g/mol. The summed E-state index contributed by atoms with van der Waals surface area (Å²) in [6.07, 6.45) is 6.46. The van der Waals surface area contributed by atoms with Crippen LogP contribution in [0.3, 0.4) is 0 Å².